The van der Waals surface area contributed by atoms with Gasteiger partial charge in [-0.1, -0.05) is 37.7 Å². The second kappa shape index (κ2) is 8.28. The highest BCUT2D eigenvalue weighted by Gasteiger charge is 2.32. The molecule has 1 fully saturated rings. The molecule has 1 saturated heterocycles. The van der Waals surface area contributed by atoms with Crippen molar-refractivity contribution in [3.63, 3.8) is 0 Å². The smallest absolute Gasteiger partial charge is 0.266 e. The van der Waals surface area contributed by atoms with E-state index >= 15 is 0 Å². The van der Waals surface area contributed by atoms with Crippen LogP contribution in [0.25, 0.3) is 0 Å². The lowest BCUT2D eigenvalue weighted by Gasteiger charge is -2.27. The third-order valence-electron chi connectivity index (χ3n) is 2.72. The van der Waals surface area contributed by atoms with Crippen LogP contribution in [0.3, 0.4) is 0 Å². The fraction of sp³-hybridized carbons (Fsp3) is 0.400. The Labute approximate surface area is 124 Å². The molecule has 5 heteroatoms. The van der Waals surface area contributed by atoms with E-state index in [-0.39, 0.29) is 17.2 Å². The summed E-state index contributed by atoms with van der Waals surface area (Å²) in [5.41, 5.74) is 0.0171. The monoisotopic (exact) mass is 290 g/mol. The van der Waals surface area contributed by atoms with Crippen molar-refractivity contribution in [1.82, 2.24) is 10.2 Å². The summed E-state index contributed by atoms with van der Waals surface area (Å²) in [7, 11) is 0. The molecule has 0 aromatic heterocycles. The van der Waals surface area contributed by atoms with Crippen LogP contribution >= 0.6 is 12.2 Å². The van der Waals surface area contributed by atoms with Crippen molar-refractivity contribution < 1.29 is 9.59 Å². The number of hydrogen-bond acceptors (Lipinski definition) is 3. The maximum atomic E-state index is 12.1. The lowest BCUT2D eigenvalue weighted by molar-refractivity contribution is -0.128. The Kier molecular flexibility index (Phi) is 6.68. The molecule has 1 N–H and O–H groups in total. The largest absolute Gasteiger partial charge is 0.298 e. The summed E-state index contributed by atoms with van der Waals surface area (Å²) in [4.78, 5) is 25.1. The van der Waals surface area contributed by atoms with Crippen LogP contribution in [-0.4, -0.2) is 28.4 Å². The molecular weight excluding hydrogens is 272 g/mol. The van der Waals surface area contributed by atoms with E-state index in [0.717, 1.165) is 25.7 Å². The van der Waals surface area contributed by atoms with Gasteiger partial charge in [-0.25, -0.2) is 0 Å². The van der Waals surface area contributed by atoms with Crippen LogP contribution in [0.4, 0.5) is 0 Å². The van der Waals surface area contributed by atoms with Crippen molar-refractivity contribution >= 4 is 29.1 Å². The lowest BCUT2D eigenvalue weighted by atomic mass is 10.1. The summed E-state index contributed by atoms with van der Waals surface area (Å²) in [6, 6.07) is 0. The third-order valence-corrected chi connectivity index (χ3v) is 3.04. The molecule has 0 radical (unpaired) electrons. The van der Waals surface area contributed by atoms with Crippen molar-refractivity contribution in [3.05, 3.63) is 24.3 Å². The number of nitrogens with zero attached hydrogens (tertiary/aromatic N) is 1. The van der Waals surface area contributed by atoms with Gasteiger partial charge in [-0.15, -0.1) is 6.58 Å². The molecule has 2 amide bonds. The van der Waals surface area contributed by atoms with Crippen molar-refractivity contribution in [2.24, 2.45) is 0 Å². The summed E-state index contributed by atoms with van der Waals surface area (Å²) in [5.74, 6) is 4.77. The second-order valence-corrected chi connectivity index (χ2v) is 4.69. The molecule has 0 atom stereocenters. The van der Waals surface area contributed by atoms with Crippen LogP contribution in [0.15, 0.2) is 24.3 Å². The van der Waals surface area contributed by atoms with Gasteiger partial charge in [0.2, 0.25) is 0 Å². The van der Waals surface area contributed by atoms with Crippen LogP contribution < -0.4 is 5.32 Å². The van der Waals surface area contributed by atoms with Crippen molar-refractivity contribution in [1.29, 1.82) is 0 Å². The maximum Gasteiger partial charge on any atom is 0.266 e. The number of carbonyl (C=O) groups is 2. The van der Waals surface area contributed by atoms with E-state index < -0.39 is 11.8 Å². The number of unbranched alkanes of at least 4 members (excludes halogenated alkanes) is 3. The average molecular weight is 290 g/mol. The number of nitrogens with one attached hydrogen (secondary N) is 1. The van der Waals surface area contributed by atoms with Gasteiger partial charge in [0.1, 0.15) is 5.57 Å². The molecule has 0 aromatic carbocycles. The standard InChI is InChI=1S/C15H18N2O2S/c1-3-5-6-7-8-9-10-12-13(18)16-15(20)17(11-4-2)14(12)19/h4,10H,2-3,5-7,11H2,1H3,(H,16,18,20)/b12-10+. The predicted molar refractivity (Wildman–Crippen MR) is 82.7 cm³/mol. The quantitative estimate of drug-likeness (QED) is 0.210. The molecule has 20 heavy (non-hydrogen) atoms. The summed E-state index contributed by atoms with van der Waals surface area (Å²) in [6.07, 6.45) is 6.97. The first kappa shape index (κ1) is 16.1. The zero-order valence-corrected chi connectivity index (χ0v) is 12.4. The maximum absolute atomic E-state index is 12.1. The molecule has 0 unspecified atom stereocenters. The first-order valence-corrected chi connectivity index (χ1v) is 6.99. The summed E-state index contributed by atoms with van der Waals surface area (Å²) in [5, 5.41) is 2.57. The highest BCUT2D eigenvalue weighted by atomic mass is 32.1. The molecule has 1 aliphatic rings. The molecule has 1 rings (SSSR count). The van der Waals surface area contributed by atoms with Crippen molar-refractivity contribution in [3.8, 4) is 11.8 Å². The minimum atomic E-state index is -0.497. The normalized spacial score (nSPS) is 16.8. The number of allylic oxidation sites excluding steroid dienone is 1. The van der Waals surface area contributed by atoms with Gasteiger partial charge in [0.05, 0.1) is 0 Å². The Balaban J connectivity index is 2.76. The zero-order valence-electron chi connectivity index (χ0n) is 11.6. The lowest BCUT2D eigenvalue weighted by Crippen LogP contribution is -2.53. The molecule has 106 valence electrons. The minimum absolute atomic E-state index is 0.0171. The van der Waals surface area contributed by atoms with Crippen LogP contribution in [0.1, 0.15) is 32.6 Å². The van der Waals surface area contributed by atoms with Crippen LogP contribution in [0, 0.1) is 11.8 Å². The van der Waals surface area contributed by atoms with Gasteiger partial charge in [-0.05, 0) is 18.6 Å². The molecule has 0 saturated carbocycles. The predicted octanol–water partition coefficient (Wildman–Crippen LogP) is 1.93. The van der Waals surface area contributed by atoms with Crippen molar-refractivity contribution in [2.75, 3.05) is 6.54 Å². The van der Waals surface area contributed by atoms with E-state index in [2.05, 4.69) is 30.7 Å². The zero-order chi connectivity index (χ0) is 15.0. The van der Waals surface area contributed by atoms with E-state index in [1.807, 2.05) is 0 Å². The molecule has 0 spiro atoms. The molecule has 0 aliphatic carbocycles. The van der Waals surface area contributed by atoms with Gasteiger partial charge in [-0.2, -0.15) is 0 Å². The minimum Gasteiger partial charge on any atom is -0.298 e. The number of carbonyl (C=O) groups excluding carboxylic acids is 2. The Hall–Kier alpha value is -1.93. The Bertz CT molecular complexity index is 512. The topological polar surface area (TPSA) is 49.4 Å². The van der Waals surface area contributed by atoms with Gasteiger partial charge in [0.15, 0.2) is 5.11 Å². The van der Waals surface area contributed by atoms with Crippen LogP contribution in [-0.2, 0) is 9.59 Å². The number of rotatable bonds is 5. The van der Waals surface area contributed by atoms with Gasteiger partial charge in [0.25, 0.3) is 11.8 Å². The van der Waals surface area contributed by atoms with E-state index in [4.69, 9.17) is 12.2 Å². The first-order valence-electron chi connectivity index (χ1n) is 6.58. The van der Waals surface area contributed by atoms with E-state index in [0.29, 0.717) is 0 Å². The van der Waals surface area contributed by atoms with Gasteiger partial charge >= 0.3 is 0 Å². The van der Waals surface area contributed by atoms with Gasteiger partial charge < -0.3 is 0 Å². The van der Waals surface area contributed by atoms with Crippen molar-refractivity contribution in [2.45, 2.75) is 32.6 Å². The average Bonchev–Trinajstić information content (AvgIpc) is 2.41. The molecule has 0 aromatic rings. The SMILES string of the molecule is C=CCN1C(=O)/C(=C/C#CCCCCC)C(=O)NC1=S. The molecule has 4 nitrogen and oxygen atoms in total. The highest BCUT2D eigenvalue weighted by Crippen LogP contribution is 2.09. The fourth-order valence-electron chi connectivity index (χ4n) is 1.65. The first-order chi connectivity index (χ1) is 9.61. The number of thiocarbonyl (C=S) groups is 1. The molecule has 1 heterocycles. The molecule has 1 aliphatic heterocycles. The van der Waals surface area contributed by atoms with Gasteiger partial charge in [0, 0.05) is 19.0 Å². The number of amides is 2. The summed E-state index contributed by atoms with van der Waals surface area (Å²) in [6.45, 7) is 5.94. The van der Waals surface area contributed by atoms with Crippen LogP contribution in [0.2, 0.25) is 0 Å². The Morgan fingerprint density at radius 2 is 2.15 bits per heavy atom. The van der Waals surface area contributed by atoms with E-state index in [1.165, 1.54) is 11.0 Å². The summed E-state index contributed by atoms with van der Waals surface area (Å²) < 4.78 is 0. The third kappa shape index (κ3) is 4.32. The number of hydrogen-bond donors (Lipinski definition) is 1. The van der Waals surface area contributed by atoms with Gasteiger partial charge in [-0.3, -0.25) is 19.8 Å². The second-order valence-electron chi connectivity index (χ2n) is 4.30. The highest BCUT2D eigenvalue weighted by molar-refractivity contribution is 7.80. The summed E-state index contributed by atoms with van der Waals surface area (Å²) >= 11 is 4.94. The van der Waals surface area contributed by atoms with E-state index in [1.54, 1.807) is 6.08 Å². The molecule has 0 bridgehead atoms. The Morgan fingerprint density at radius 3 is 2.80 bits per heavy atom. The molecular formula is C15H18N2O2S. The van der Waals surface area contributed by atoms with Crippen LogP contribution in [0.5, 0.6) is 0 Å². The van der Waals surface area contributed by atoms with E-state index in [9.17, 15) is 9.59 Å². The fourth-order valence-corrected chi connectivity index (χ4v) is 1.90. The Morgan fingerprint density at radius 1 is 1.40 bits per heavy atom.